The maximum atomic E-state index is 11.2. The van der Waals surface area contributed by atoms with Crippen LogP contribution in [0.4, 0.5) is 0 Å². The molecule has 6 nitrogen and oxygen atoms in total. The molecule has 1 saturated heterocycles. The minimum atomic E-state index is -1.12. The average Bonchev–Trinajstić information content (AvgIpc) is 2.95. The van der Waals surface area contributed by atoms with Crippen LogP contribution in [0.3, 0.4) is 0 Å². The number of nitrogens with zero attached hydrogens (tertiary/aromatic N) is 2. The Morgan fingerprint density at radius 2 is 2.39 bits per heavy atom. The van der Waals surface area contributed by atoms with E-state index in [2.05, 4.69) is 10.3 Å². The molecule has 0 bridgehead atoms. The summed E-state index contributed by atoms with van der Waals surface area (Å²) in [4.78, 5) is 15.4. The molecule has 18 heavy (non-hydrogen) atoms. The quantitative estimate of drug-likeness (QED) is 0.731. The third-order valence-electron chi connectivity index (χ3n) is 3.30. The van der Waals surface area contributed by atoms with E-state index in [-0.39, 0.29) is 22.9 Å². The number of hydrogen-bond donors (Lipinski definition) is 3. The first-order valence-corrected chi connectivity index (χ1v) is 5.82. The summed E-state index contributed by atoms with van der Waals surface area (Å²) in [5, 5.41) is 22.2. The fourth-order valence-electron chi connectivity index (χ4n) is 2.46. The van der Waals surface area contributed by atoms with E-state index in [1.165, 1.54) is 6.07 Å². The van der Waals surface area contributed by atoms with E-state index in [9.17, 15) is 9.90 Å². The number of carboxylic acids is 1. The minimum Gasteiger partial charge on any atom is -0.506 e. The van der Waals surface area contributed by atoms with Crippen molar-refractivity contribution in [3.8, 4) is 5.75 Å². The molecule has 0 radical (unpaired) electrons. The van der Waals surface area contributed by atoms with Crippen LogP contribution >= 0.6 is 0 Å². The molecule has 1 aliphatic heterocycles. The maximum Gasteiger partial charge on any atom is 0.356 e. The third kappa shape index (κ3) is 1.53. The summed E-state index contributed by atoms with van der Waals surface area (Å²) in [7, 11) is 0. The summed E-state index contributed by atoms with van der Waals surface area (Å²) in [5.74, 6) is -0.290. The largest absolute Gasteiger partial charge is 0.506 e. The van der Waals surface area contributed by atoms with Gasteiger partial charge in [-0.3, -0.25) is 4.40 Å². The smallest absolute Gasteiger partial charge is 0.356 e. The Balaban J connectivity index is 2.26. The number of aromatic nitrogens is 2. The Morgan fingerprint density at radius 1 is 1.56 bits per heavy atom. The summed E-state index contributed by atoms with van der Waals surface area (Å²) in [6.45, 7) is 1.69. The SMILES string of the molecule is O=C(O)c1nc(C2CCNC2)n2cccc(O)c12. The van der Waals surface area contributed by atoms with E-state index in [1.54, 1.807) is 16.7 Å². The lowest BCUT2D eigenvalue weighted by Gasteiger charge is -2.07. The van der Waals surface area contributed by atoms with Crippen LogP contribution in [0.25, 0.3) is 5.52 Å². The van der Waals surface area contributed by atoms with Crippen molar-refractivity contribution in [3.63, 3.8) is 0 Å². The highest BCUT2D eigenvalue weighted by Crippen LogP contribution is 2.28. The Bertz CT molecular complexity index is 614. The van der Waals surface area contributed by atoms with Crippen molar-refractivity contribution >= 4 is 11.5 Å². The van der Waals surface area contributed by atoms with Crippen LogP contribution in [-0.4, -0.2) is 38.7 Å². The number of pyridine rings is 1. The molecule has 1 fully saturated rings. The molecule has 0 amide bonds. The second-order valence-electron chi connectivity index (χ2n) is 4.43. The van der Waals surface area contributed by atoms with Crippen LogP contribution in [-0.2, 0) is 0 Å². The molecular weight excluding hydrogens is 234 g/mol. The Kier molecular flexibility index (Phi) is 2.45. The molecule has 0 spiro atoms. The Labute approximate surface area is 103 Å². The van der Waals surface area contributed by atoms with Gasteiger partial charge in [-0.25, -0.2) is 9.78 Å². The molecule has 0 aromatic carbocycles. The van der Waals surface area contributed by atoms with Gasteiger partial charge >= 0.3 is 5.97 Å². The van der Waals surface area contributed by atoms with Gasteiger partial charge in [0.1, 0.15) is 17.1 Å². The monoisotopic (exact) mass is 247 g/mol. The topological polar surface area (TPSA) is 86.9 Å². The Morgan fingerprint density at radius 3 is 3.06 bits per heavy atom. The van der Waals surface area contributed by atoms with Gasteiger partial charge in [-0.05, 0) is 25.1 Å². The van der Waals surface area contributed by atoms with Crippen LogP contribution in [0.15, 0.2) is 18.3 Å². The van der Waals surface area contributed by atoms with Crippen molar-refractivity contribution in [1.82, 2.24) is 14.7 Å². The highest BCUT2D eigenvalue weighted by Gasteiger charge is 2.26. The maximum absolute atomic E-state index is 11.2. The van der Waals surface area contributed by atoms with Gasteiger partial charge in [0, 0.05) is 18.7 Å². The van der Waals surface area contributed by atoms with Gasteiger partial charge in [0.25, 0.3) is 0 Å². The predicted octanol–water partition coefficient (Wildman–Crippen LogP) is 0.815. The molecule has 2 aromatic heterocycles. The van der Waals surface area contributed by atoms with Crippen LogP contribution in [0.1, 0.15) is 28.7 Å². The minimum absolute atomic E-state index is 0.0559. The van der Waals surface area contributed by atoms with Crippen molar-refractivity contribution in [2.45, 2.75) is 12.3 Å². The zero-order chi connectivity index (χ0) is 12.7. The normalized spacial score (nSPS) is 19.4. The van der Waals surface area contributed by atoms with Gasteiger partial charge in [0.2, 0.25) is 0 Å². The third-order valence-corrected chi connectivity index (χ3v) is 3.30. The summed E-state index contributed by atoms with van der Waals surface area (Å²) >= 11 is 0. The molecule has 2 aromatic rings. The molecule has 0 saturated carbocycles. The lowest BCUT2D eigenvalue weighted by atomic mass is 10.1. The molecule has 94 valence electrons. The number of rotatable bonds is 2. The van der Waals surface area contributed by atoms with Gasteiger partial charge in [-0.15, -0.1) is 0 Å². The lowest BCUT2D eigenvalue weighted by molar-refractivity contribution is 0.0693. The van der Waals surface area contributed by atoms with E-state index in [0.717, 1.165) is 19.5 Å². The zero-order valence-electron chi connectivity index (χ0n) is 9.63. The van der Waals surface area contributed by atoms with E-state index in [0.29, 0.717) is 5.82 Å². The van der Waals surface area contributed by atoms with Crippen molar-refractivity contribution in [1.29, 1.82) is 0 Å². The molecule has 6 heteroatoms. The number of nitrogens with one attached hydrogen (secondary N) is 1. The summed E-state index contributed by atoms with van der Waals surface area (Å²) in [6, 6.07) is 3.15. The van der Waals surface area contributed by atoms with E-state index < -0.39 is 5.97 Å². The first kappa shape index (κ1) is 11.0. The number of fused-ring (bicyclic) bond motifs is 1. The van der Waals surface area contributed by atoms with Gasteiger partial charge in [-0.2, -0.15) is 0 Å². The first-order valence-electron chi connectivity index (χ1n) is 5.82. The lowest BCUT2D eigenvalue weighted by Crippen LogP contribution is -2.10. The molecule has 1 unspecified atom stereocenters. The van der Waals surface area contributed by atoms with E-state index in [4.69, 9.17) is 5.11 Å². The molecule has 1 aliphatic rings. The van der Waals surface area contributed by atoms with Crippen LogP contribution in [0.5, 0.6) is 5.75 Å². The van der Waals surface area contributed by atoms with Gasteiger partial charge in [0.05, 0.1) is 0 Å². The van der Waals surface area contributed by atoms with Gasteiger partial charge in [-0.1, -0.05) is 0 Å². The number of aromatic carboxylic acids is 1. The zero-order valence-corrected chi connectivity index (χ0v) is 9.63. The number of carbonyl (C=O) groups is 1. The number of carboxylic acid groups (broad SMARTS) is 1. The van der Waals surface area contributed by atoms with Crippen molar-refractivity contribution in [2.24, 2.45) is 0 Å². The van der Waals surface area contributed by atoms with E-state index in [1.807, 2.05) is 0 Å². The standard InChI is InChI=1S/C12H13N3O3/c16-8-2-1-5-15-10(8)9(12(17)18)14-11(15)7-3-4-13-6-7/h1-2,5,7,13,16H,3-4,6H2,(H,17,18). The van der Waals surface area contributed by atoms with Crippen molar-refractivity contribution < 1.29 is 15.0 Å². The second kappa shape index (κ2) is 3.99. The average molecular weight is 247 g/mol. The van der Waals surface area contributed by atoms with Crippen molar-refractivity contribution in [2.75, 3.05) is 13.1 Å². The van der Waals surface area contributed by atoms with Crippen LogP contribution in [0, 0.1) is 0 Å². The number of imidazole rings is 1. The molecular formula is C12H13N3O3. The molecule has 1 atom stereocenters. The van der Waals surface area contributed by atoms with Crippen LogP contribution < -0.4 is 5.32 Å². The highest BCUT2D eigenvalue weighted by atomic mass is 16.4. The molecule has 0 aliphatic carbocycles. The number of aromatic hydroxyl groups is 1. The van der Waals surface area contributed by atoms with Gasteiger partial charge < -0.3 is 15.5 Å². The highest BCUT2D eigenvalue weighted by molar-refractivity contribution is 5.95. The molecule has 3 N–H and O–H groups in total. The van der Waals surface area contributed by atoms with E-state index >= 15 is 0 Å². The second-order valence-corrected chi connectivity index (χ2v) is 4.43. The first-order chi connectivity index (χ1) is 8.68. The van der Waals surface area contributed by atoms with Gasteiger partial charge in [0.15, 0.2) is 5.69 Å². The molecule has 3 heterocycles. The summed E-state index contributed by atoms with van der Waals surface area (Å²) < 4.78 is 1.68. The predicted molar refractivity (Wildman–Crippen MR) is 64.0 cm³/mol. The fourth-order valence-corrected chi connectivity index (χ4v) is 2.46. The van der Waals surface area contributed by atoms with Crippen LogP contribution in [0.2, 0.25) is 0 Å². The summed E-state index contributed by atoms with van der Waals surface area (Å²) in [6.07, 6.45) is 2.66. The molecule has 3 rings (SSSR count). The van der Waals surface area contributed by atoms with Crippen molar-refractivity contribution in [3.05, 3.63) is 29.8 Å². The summed E-state index contributed by atoms with van der Waals surface area (Å²) in [5.41, 5.74) is 0.182. The fraction of sp³-hybridized carbons (Fsp3) is 0.333. The Hall–Kier alpha value is -2.08. The number of hydrogen-bond acceptors (Lipinski definition) is 4.